The number of thioether (sulfide) groups is 1. The Hall–Kier alpha value is -1.55. The van der Waals surface area contributed by atoms with Gasteiger partial charge in [0.2, 0.25) is 0 Å². The highest BCUT2D eigenvalue weighted by atomic mass is 32.2. The molecule has 82 valence electrons. The molecule has 0 aliphatic rings. The summed E-state index contributed by atoms with van der Waals surface area (Å²) in [5, 5.41) is 3.64. The third-order valence-electron chi connectivity index (χ3n) is 2.15. The van der Waals surface area contributed by atoms with Gasteiger partial charge in [-0.2, -0.15) is 0 Å². The summed E-state index contributed by atoms with van der Waals surface area (Å²) in [7, 11) is 0. The molecule has 0 atom stereocenters. The third kappa shape index (κ3) is 2.73. The fraction of sp³-hybridized carbons (Fsp3) is 0.167. The average Bonchev–Trinajstić information content (AvgIpc) is 2.80. The van der Waals surface area contributed by atoms with Gasteiger partial charge in [-0.1, -0.05) is 17.3 Å². The summed E-state index contributed by atoms with van der Waals surface area (Å²) < 4.78 is 4.75. The van der Waals surface area contributed by atoms with Crippen molar-refractivity contribution in [2.45, 2.75) is 17.6 Å². The maximum absolute atomic E-state index is 11.1. The topological polar surface area (TPSA) is 43.1 Å². The number of carbonyl (C=O) groups is 1. The van der Waals surface area contributed by atoms with E-state index in [4.69, 9.17) is 4.52 Å². The Bertz CT molecular complexity index is 462. The van der Waals surface area contributed by atoms with Crippen molar-refractivity contribution >= 4 is 17.5 Å². The zero-order valence-corrected chi connectivity index (χ0v) is 9.66. The minimum Gasteiger partial charge on any atom is -0.364 e. The lowest BCUT2D eigenvalue weighted by Crippen LogP contribution is -1.90. The largest absolute Gasteiger partial charge is 0.364 e. The van der Waals surface area contributed by atoms with Crippen LogP contribution in [0, 0.1) is 0 Å². The molecule has 0 bridgehead atoms. The summed E-state index contributed by atoms with van der Waals surface area (Å²) in [4.78, 5) is 12.2. The van der Waals surface area contributed by atoms with Crippen molar-refractivity contribution in [2.24, 2.45) is 0 Å². The normalized spacial score (nSPS) is 10.3. The second-order valence-electron chi connectivity index (χ2n) is 3.40. The zero-order chi connectivity index (χ0) is 11.4. The molecule has 0 unspecified atom stereocenters. The first-order valence-electron chi connectivity index (χ1n) is 4.88. The van der Waals surface area contributed by atoms with Gasteiger partial charge in [0.1, 0.15) is 6.26 Å². The molecule has 0 N–H and O–H groups in total. The molecule has 0 amide bonds. The Labute approximate surface area is 97.8 Å². The fourth-order valence-electron chi connectivity index (χ4n) is 1.25. The summed E-state index contributed by atoms with van der Waals surface area (Å²) in [6.45, 7) is 1.57. The van der Waals surface area contributed by atoms with Crippen LogP contribution in [0.5, 0.6) is 0 Å². The number of rotatable bonds is 4. The van der Waals surface area contributed by atoms with E-state index in [-0.39, 0.29) is 5.78 Å². The van der Waals surface area contributed by atoms with Gasteiger partial charge in [0.25, 0.3) is 0 Å². The van der Waals surface area contributed by atoms with Crippen molar-refractivity contribution in [3.8, 4) is 0 Å². The minimum atomic E-state index is 0.0931. The first-order valence-corrected chi connectivity index (χ1v) is 5.86. The van der Waals surface area contributed by atoms with Crippen LogP contribution in [0.15, 0.2) is 46.1 Å². The number of carbonyl (C=O) groups excluding carboxylic acids is 1. The number of nitrogens with zero attached hydrogens (tertiary/aromatic N) is 1. The van der Waals surface area contributed by atoms with Gasteiger partial charge >= 0.3 is 0 Å². The molecule has 1 heterocycles. The summed E-state index contributed by atoms with van der Waals surface area (Å²) in [6, 6.07) is 7.60. The van der Waals surface area contributed by atoms with E-state index in [9.17, 15) is 4.79 Å². The monoisotopic (exact) mass is 233 g/mol. The van der Waals surface area contributed by atoms with Gasteiger partial charge in [0.05, 0.1) is 6.20 Å². The molecule has 2 aromatic rings. The molecule has 0 aliphatic heterocycles. The van der Waals surface area contributed by atoms with Gasteiger partial charge in [-0.15, -0.1) is 11.8 Å². The van der Waals surface area contributed by atoms with E-state index in [1.807, 2.05) is 24.3 Å². The first kappa shape index (κ1) is 11.0. The Kier molecular flexibility index (Phi) is 3.41. The highest BCUT2D eigenvalue weighted by Crippen LogP contribution is 2.22. The maximum atomic E-state index is 11.1. The molecule has 1 aromatic heterocycles. The Morgan fingerprint density at radius 3 is 2.69 bits per heavy atom. The summed E-state index contributed by atoms with van der Waals surface area (Å²) in [5.74, 6) is 0.915. The molecule has 4 heteroatoms. The highest BCUT2D eigenvalue weighted by molar-refractivity contribution is 7.98. The van der Waals surface area contributed by atoms with Gasteiger partial charge in [-0.25, -0.2) is 0 Å². The molecular weight excluding hydrogens is 222 g/mol. The van der Waals surface area contributed by atoms with Crippen LogP contribution in [0.3, 0.4) is 0 Å². The first-order chi connectivity index (χ1) is 7.75. The predicted octanol–water partition coefficient (Wildman–Crippen LogP) is 3.17. The highest BCUT2D eigenvalue weighted by Gasteiger charge is 2.01. The van der Waals surface area contributed by atoms with E-state index in [1.54, 1.807) is 31.1 Å². The van der Waals surface area contributed by atoms with Crippen LogP contribution < -0.4 is 0 Å². The maximum Gasteiger partial charge on any atom is 0.159 e. The van der Waals surface area contributed by atoms with Gasteiger partial charge in [0, 0.05) is 21.8 Å². The predicted molar refractivity (Wildman–Crippen MR) is 62.5 cm³/mol. The Morgan fingerprint density at radius 1 is 1.38 bits per heavy atom. The zero-order valence-electron chi connectivity index (χ0n) is 8.84. The van der Waals surface area contributed by atoms with Crippen LogP contribution in [-0.2, 0) is 5.75 Å². The molecule has 0 radical (unpaired) electrons. The van der Waals surface area contributed by atoms with Crippen molar-refractivity contribution in [3.05, 3.63) is 47.9 Å². The standard InChI is InChI=1S/C12H11NO2S/c1-9(14)11-2-4-12(5-3-11)16-8-10-6-13-15-7-10/h2-7H,8H2,1H3. The molecule has 0 spiro atoms. The molecule has 0 aliphatic carbocycles. The quantitative estimate of drug-likeness (QED) is 0.601. The number of aromatic nitrogens is 1. The average molecular weight is 233 g/mol. The molecule has 0 saturated carbocycles. The lowest BCUT2D eigenvalue weighted by Gasteiger charge is -2.00. The lowest BCUT2D eigenvalue weighted by molar-refractivity contribution is 0.101. The molecule has 0 saturated heterocycles. The van der Waals surface area contributed by atoms with Gasteiger partial charge in [-0.3, -0.25) is 4.79 Å². The van der Waals surface area contributed by atoms with Gasteiger partial charge in [0.15, 0.2) is 5.78 Å². The smallest absolute Gasteiger partial charge is 0.159 e. The van der Waals surface area contributed by atoms with E-state index < -0.39 is 0 Å². The van der Waals surface area contributed by atoms with E-state index in [2.05, 4.69) is 5.16 Å². The van der Waals surface area contributed by atoms with E-state index in [1.165, 1.54) is 0 Å². The molecule has 3 nitrogen and oxygen atoms in total. The van der Waals surface area contributed by atoms with Crippen molar-refractivity contribution in [1.82, 2.24) is 5.16 Å². The molecule has 0 fully saturated rings. The summed E-state index contributed by atoms with van der Waals surface area (Å²) in [6.07, 6.45) is 3.34. The molecular formula is C12H11NO2S. The second-order valence-corrected chi connectivity index (χ2v) is 4.45. The molecule has 2 rings (SSSR count). The van der Waals surface area contributed by atoms with Crippen molar-refractivity contribution in [3.63, 3.8) is 0 Å². The minimum absolute atomic E-state index is 0.0931. The van der Waals surface area contributed by atoms with E-state index in [0.717, 1.165) is 21.8 Å². The number of hydrogen-bond acceptors (Lipinski definition) is 4. The van der Waals surface area contributed by atoms with Crippen LogP contribution in [0.25, 0.3) is 0 Å². The summed E-state index contributed by atoms with van der Waals surface area (Å²) >= 11 is 1.69. The number of benzene rings is 1. The van der Waals surface area contributed by atoms with Crippen LogP contribution in [-0.4, -0.2) is 10.9 Å². The Morgan fingerprint density at radius 2 is 2.12 bits per heavy atom. The van der Waals surface area contributed by atoms with E-state index in [0.29, 0.717) is 0 Å². The van der Waals surface area contributed by atoms with Crippen LogP contribution in [0.1, 0.15) is 22.8 Å². The van der Waals surface area contributed by atoms with Crippen LogP contribution >= 0.6 is 11.8 Å². The van der Waals surface area contributed by atoms with E-state index >= 15 is 0 Å². The molecule has 1 aromatic carbocycles. The molecule has 16 heavy (non-hydrogen) atoms. The van der Waals surface area contributed by atoms with Crippen molar-refractivity contribution in [1.29, 1.82) is 0 Å². The van der Waals surface area contributed by atoms with Crippen molar-refractivity contribution < 1.29 is 9.32 Å². The lowest BCUT2D eigenvalue weighted by atomic mass is 10.2. The SMILES string of the molecule is CC(=O)c1ccc(SCc2cnoc2)cc1. The van der Waals surface area contributed by atoms with Crippen LogP contribution in [0.2, 0.25) is 0 Å². The Balaban J connectivity index is 1.98. The summed E-state index contributed by atoms with van der Waals surface area (Å²) in [5.41, 5.74) is 1.80. The third-order valence-corrected chi connectivity index (χ3v) is 3.23. The number of Topliss-reactive ketones (excluding diaryl/α,β-unsaturated/α-hetero) is 1. The number of hydrogen-bond donors (Lipinski definition) is 0. The fourth-order valence-corrected chi connectivity index (χ4v) is 2.05. The van der Waals surface area contributed by atoms with Crippen LogP contribution in [0.4, 0.5) is 0 Å². The number of ketones is 1. The van der Waals surface area contributed by atoms with Crippen molar-refractivity contribution in [2.75, 3.05) is 0 Å². The second kappa shape index (κ2) is 4.99. The van der Waals surface area contributed by atoms with Gasteiger partial charge < -0.3 is 4.52 Å². The van der Waals surface area contributed by atoms with Gasteiger partial charge in [-0.05, 0) is 19.1 Å².